The van der Waals surface area contributed by atoms with Gasteiger partial charge >= 0.3 is 12.1 Å². The van der Waals surface area contributed by atoms with Crippen LogP contribution < -0.4 is 10.6 Å². The SMILES string of the molecule is CCN(C(=O)C(C)NC(=O)OC(C)(C)C)C(C(=O)NCC(=O)OC)c1c(C)cccc1C. The minimum Gasteiger partial charge on any atom is -0.468 e. The van der Waals surface area contributed by atoms with E-state index in [1.807, 2.05) is 32.0 Å². The van der Waals surface area contributed by atoms with Gasteiger partial charge in [0, 0.05) is 6.54 Å². The first-order valence-electron chi connectivity index (χ1n) is 10.5. The number of carbonyl (C=O) groups excluding carboxylic acids is 4. The number of rotatable bonds is 8. The Balaban J connectivity index is 3.27. The Labute approximate surface area is 189 Å². The van der Waals surface area contributed by atoms with Gasteiger partial charge in [0.2, 0.25) is 11.8 Å². The van der Waals surface area contributed by atoms with Crippen LogP contribution in [-0.4, -0.2) is 60.6 Å². The highest BCUT2D eigenvalue weighted by atomic mass is 16.6. The van der Waals surface area contributed by atoms with Crippen LogP contribution in [0.15, 0.2) is 18.2 Å². The second-order valence-corrected chi connectivity index (χ2v) is 8.49. The third kappa shape index (κ3) is 7.55. The Kier molecular flexibility index (Phi) is 9.68. The minimum absolute atomic E-state index is 0.198. The lowest BCUT2D eigenvalue weighted by molar-refractivity contribution is -0.144. The summed E-state index contributed by atoms with van der Waals surface area (Å²) < 4.78 is 9.82. The standard InChI is InChI=1S/C23H35N3O6/c1-9-26(21(29)16(4)25-22(30)32-23(5,6)7)19(20(28)24-13-17(27)31-8)18-14(2)11-10-12-15(18)3/h10-12,16,19H,9,13H2,1-8H3,(H,24,28)(H,25,30). The van der Waals surface area contributed by atoms with Crippen molar-refractivity contribution in [3.63, 3.8) is 0 Å². The van der Waals surface area contributed by atoms with Gasteiger partial charge in [0.1, 0.15) is 24.2 Å². The largest absolute Gasteiger partial charge is 0.468 e. The van der Waals surface area contributed by atoms with E-state index in [-0.39, 0.29) is 13.1 Å². The number of nitrogens with one attached hydrogen (secondary N) is 2. The highest BCUT2D eigenvalue weighted by molar-refractivity contribution is 5.93. The van der Waals surface area contributed by atoms with Gasteiger partial charge in [-0.3, -0.25) is 14.4 Å². The predicted octanol–water partition coefficient (Wildman–Crippen LogP) is 2.40. The van der Waals surface area contributed by atoms with Crippen molar-refractivity contribution in [2.45, 2.75) is 66.2 Å². The number of nitrogens with zero attached hydrogens (tertiary/aromatic N) is 1. The summed E-state index contributed by atoms with van der Waals surface area (Å²) in [5.74, 6) is -1.58. The first kappa shape index (κ1) is 26.9. The van der Waals surface area contributed by atoms with E-state index in [9.17, 15) is 19.2 Å². The van der Waals surface area contributed by atoms with Gasteiger partial charge in [0.05, 0.1) is 7.11 Å². The van der Waals surface area contributed by atoms with E-state index < -0.39 is 41.6 Å². The van der Waals surface area contributed by atoms with Crippen LogP contribution in [0.25, 0.3) is 0 Å². The Hall–Kier alpha value is -3.10. The molecule has 0 fully saturated rings. The zero-order valence-electron chi connectivity index (χ0n) is 20.2. The Morgan fingerprint density at radius 3 is 2.12 bits per heavy atom. The molecule has 0 heterocycles. The molecule has 0 saturated carbocycles. The molecule has 0 aliphatic carbocycles. The number of methoxy groups -OCH3 is 1. The molecule has 32 heavy (non-hydrogen) atoms. The molecular formula is C23H35N3O6. The number of aryl methyl sites for hydroxylation is 2. The quantitative estimate of drug-likeness (QED) is 0.589. The number of benzene rings is 1. The average Bonchev–Trinajstić information content (AvgIpc) is 2.68. The molecule has 2 unspecified atom stereocenters. The van der Waals surface area contributed by atoms with Crippen LogP contribution in [0.5, 0.6) is 0 Å². The monoisotopic (exact) mass is 449 g/mol. The van der Waals surface area contributed by atoms with Gasteiger partial charge in [-0.2, -0.15) is 0 Å². The Bertz CT molecular complexity index is 826. The molecule has 9 nitrogen and oxygen atoms in total. The fourth-order valence-corrected chi connectivity index (χ4v) is 3.28. The maximum Gasteiger partial charge on any atom is 0.408 e. The zero-order chi connectivity index (χ0) is 24.6. The molecule has 178 valence electrons. The fourth-order valence-electron chi connectivity index (χ4n) is 3.28. The fraction of sp³-hybridized carbons (Fsp3) is 0.565. The lowest BCUT2D eigenvalue weighted by atomic mass is 9.93. The summed E-state index contributed by atoms with van der Waals surface area (Å²) in [5.41, 5.74) is 1.59. The molecule has 1 aromatic carbocycles. The molecule has 0 bridgehead atoms. The van der Waals surface area contributed by atoms with Crippen molar-refractivity contribution in [3.8, 4) is 0 Å². The number of hydrogen-bond acceptors (Lipinski definition) is 6. The predicted molar refractivity (Wildman–Crippen MR) is 120 cm³/mol. The van der Waals surface area contributed by atoms with Gasteiger partial charge in [0.15, 0.2) is 0 Å². The summed E-state index contributed by atoms with van der Waals surface area (Å²) in [6.45, 7) is 12.0. The van der Waals surface area contributed by atoms with E-state index in [2.05, 4.69) is 15.4 Å². The second-order valence-electron chi connectivity index (χ2n) is 8.49. The minimum atomic E-state index is -0.999. The molecule has 2 N–H and O–H groups in total. The van der Waals surface area contributed by atoms with Crippen molar-refractivity contribution in [1.29, 1.82) is 0 Å². The first-order valence-corrected chi connectivity index (χ1v) is 10.5. The number of hydrogen-bond donors (Lipinski definition) is 2. The third-order valence-corrected chi connectivity index (χ3v) is 4.74. The third-order valence-electron chi connectivity index (χ3n) is 4.74. The molecule has 9 heteroatoms. The zero-order valence-corrected chi connectivity index (χ0v) is 20.2. The average molecular weight is 450 g/mol. The summed E-state index contributed by atoms with van der Waals surface area (Å²) in [7, 11) is 1.23. The highest BCUT2D eigenvalue weighted by Gasteiger charge is 2.35. The second kappa shape index (κ2) is 11.5. The van der Waals surface area contributed by atoms with Crippen LogP contribution in [0.4, 0.5) is 4.79 Å². The Morgan fingerprint density at radius 2 is 1.66 bits per heavy atom. The van der Waals surface area contributed by atoms with Crippen molar-refractivity contribution < 1.29 is 28.7 Å². The molecule has 1 aromatic rings. The van der Waals surface area contributed by atoms with Gasteiger partial charge in [0.25, 0.3) is 0 Å². The maximum atomic E-state index is 13.3. The van der Waals surface area contributed by atoms with Crippen molar-refractivity contribution >= 4 is 23.9 Å². The van der Waals surface area contributed by atoms with Crippen molar-refractivity contribution in [3.05, 3.63) is 34.9 Å². The van der Waals surface area contributed by atoms with E-state index in [1.54, 1.807) is 27.7 Å². The van der Waals surface area contributed by atoms with Gasteiger partial charge in [-0.25, -0.2) is 4.79 Å². The number of ether oxygens (including phenoxy) is 2. The first-order chi connectivity index (χ1) is 14.8. The summed E-state index contributed by atoms with van der Waals surface area (Å²) >= 11 is 0. The highest BCUT2D eigenvalue weighted by Crippen LogP contribution is 2.28. The molecule has 0 spiro atoms. The van der Waals surface area contributed by atoms with Crippen molar-refractivity contribution in [1.82, 2.24) is 15.5 Å². The molecule has 0 aliphatic heterocycles. The van der Waals surface area contributed by atoms with Crippen LogP contribution >= 0.6 is 0 Å². The number of amides is 3. The maximum absolute atomic E-state index is 13.3. The van der Waals surface area contributed by atoms with E-state index >= 15 is 0 Å². The molecule has 0 aromatic heterocycles. The van der Waals surface area contributed by atoms with E-state index in [0.717, 1.165) is 11.1 Å². The lowest BCUT2D eigenvalue weighted by Gasteiger charge is -2.34. The number of likely N-dealkylation sites (N-methyl/N-ethyl adjacent to an activating group) is 1. The molecule has 1 rings (SSSR count). The van der Waals surface area contributed by atoms with Crippen molar-refractivity contribution in [2.75, 3.05) is 20.2 Å². The molecule has 3 amide bonds. The molecule has 0 saturated heterocycles. The summed E-state index contributed by atoms with van der Waals surface area (Å²) in [4.78, 5) is 51.5. The molecule has 0 aliphatic rings. The molecular weight excluding hydrogens is 414 g/mol. The van der Waals surface area contributed by atoms with E-state index in [1.165, 1.54) is 18.9 Å². The van der Waals surface area contributed by atoms with Crippen LogP contribution in [0.1, 0.15) is 57.4 Å². The van der Waals surface area contributed by atoms with E-state index in [4.69, 9.17) is 4.74 Å². The van der Waals surface area contributed by atoms with Gasteiger partial charge in [-0.15, -0.1) is 0 Å². The summed E-state index contributed by atoms with van der Waals surface area (Å²) in [6, 6.07) is 3.63. The summed E-state index contributed by atoms with van der Waals surface area (Å²) in [5, 5.41) is 5.07. The van der Waals surface area contributed by atoms with Crippen LogP contribution in [-0.2, 0) is 23.9 Å². The summed E-state index contributed by atoms with van der Waals surface area (Å²) in [6.07, 6.45) is -0.729. The number of carbonyl (C=O) groups is 4. The van der Waals surface area contributed by atoms with Crippen LogP contribution in [0.2, 0.25) is 0 Å². The van der Waals surface area contributed by atoms with Gasteiger partial charge in [-0.05, 0) is 65.2 Å². The normalized spacial score (nSPS) is 12.9. The van der Waals surface area contributed by atoms with Crippen LogP contribution in [0.3, 0.4) is 0 Å². The smallest absolute Gasteiger partial charge is 0.408 e. The molecule has 0 radical (unpaired) electrons. The van der Waals surface area contributed by atoms with Gasteiger partial charge in [-0.1, -0.05) is 18.2 Å². The number of alkyl carbamates (subject to hydrolysis) is 1. The van der Waals surface area contributed by atoms with Crippen molar-refractivity contribution in [2.24, 2.45) is 0 Å². The topological polar surface area (TPSA) is 114 Å². The lowest BCUT2D eigenvalue weighted by Crippen LogP contribution is -2.52. The van der Waals surface area contributed by atoms with Crippen LogP contribution in [0, 0.1) is 13.8 Å². The van der Waals surface area contributed by atoms with E-state index in [0.29, 0.717) is 5.56 Å². The Morgan fingerprint density at radius 1 is 1.09 bits per heavy atom. The molecule has 2 atom stereocenters. The van der Waals surface area contributed by atoms with Gasteiger partial charge < -0.3 is 25.0 Å². The number of esters is 1.